The van der Waals surface area contributed by atoms with E-state index in [0.717, 1.165) is 53.7 Å². The molecule has 5 nitrogen and oxygen atoms in total. The van der Waals surface area contributed by atoms with Crippen LogP contribution in [0.1, 0.15) is 24.6 Å². The first kappa shape index (κ1) is 19.5. The molecule has 0 amide bonds. The van der Waals surface area contributed by atoms with E-state index in [-0.39, 0.29) is 0 Å². The zero-order valence-electron chi connectivity index (χ0n) is 15.6. The van der Waals surface area contributed by atoms with Crippen LogP contribution in [0.2, 0.25) is 5.02 Å². The van der Waals surface area contributed by atoms with E-state index in [0.29, 0.717) is 13.1 Å². The molecule has 142 valence electrons. The third-order valence-electron chi connectivity index (χ3n) is 4.18. The molecule has 3 rings (SSSR count). The lowest BCUT2D eigenvalue weighted by atomic mass is 10.1. The fourth-order valence-corrected chi connectivity index (χ4v) is 3.02. The molecule has 3 aromatic rings. The Morgan fingerprint density at radius 3 is 2.59 bits per heavy atom. The molecule has 0 saturated heterocycles. The molecule has 0 bridgehead atoms. The van der Waals surface area contributed by atoms with Crippen LogP contribution in [-0.2, 0) is 17.8 Å². The van der Waals surface area contributed by atoms with E-state index in [1.54, 1.807) is 4.80 Å². The van der Waals surface area contributed by atoms with E-state index < -0.39 is 0 Å². The van der Waals surface area contributed by atoms with Crippen LogP contribution in [0.4, 0.5) is 0 Å². The standard InChI is InChI=1S/C21H25ClN4O/c1-2-27-14-8-13-23-15-20-21(17-9-4-3-5-10-17)25-26(24-20)16-18-11-6-7-12-19(18)22/h3-7,9-12,23H,2,8,13-16H2,1H3. The molecule has 0 spiro atoms. The summed E-state index contributed by atoms with van der Waals surface area (Å²) in [4.78, 5) is 1.72. The highest BCUT2D eigenvalue weighted by Gasteiger charge is 2.13. The Morgan fingerprint density at radius 2 is 1.81 bits per heavy atom. The van der Waals surface area contributed by atoms with Crippen molar-refractivity contribution in [2.24, 2.45) is 0 Å². The van der Waals surface area contributed by atoms with Gasteiger partial charge in [0.25, 0.3) is 0 Å². The van der Waals surface area contributed by atoms with Gasteiger partial charge in [0.2, 0.25) is 0 Å². The minimum absolute atomic E-state index is 0.545. The van der Waals surface area contributed by atoms with Crippen molar-refractivity contribution in [1.82, 2.24) is 20.3 Å². The number of halogens is 1. The van der Waals surface area contributed by atoms with Crippen LogP contribution in [0.3, 0.4) is 0 Å². The van der Waals surface area contributed by atoms with E-state index in [2.05, 4.69) is 17.4 Å². The average Bonchev–Trinajstić information content (AvgIpc) is 3.10. The molecule has 0 fully saturated rings. The van der Waals surface area contributed by atoms with Crippen molar-refractivity contribution in [1.29, 1.82) is 0 Å². The maximum atomic E-state index is 6.29. The van der Waals surface area contributed by atoms with Gasteiger partial charge in [-0.25, -0.2) is 0 Å². The summed E-state index contributed by atoms with van der Waals surface area (Å²) in [6, 6.07) is 17.9. The van der Waals surface area contributed by atoms with E-state index in [1.165, 1.54) is 0 Å². The van der Waals surface area contributed by atoms with Crippen LogP contribution < -0.4 is 5.32 Å². The minimum Gasteiger partial charge on any atom is -0.382 e. The molecule has 2 aromatic carbocycles. The largest absolute Gasteiger partial charge is 0.382 e. The first-order chi connectivity index (χ1) is 13.3. The predicted molar refractivity (Wildman–Crippen MR) is 109 cm³/mol. The van der Waals surface area contributed by atoms with Crippen LogP contribution in [0, 0.1) is 0 Å². The molecule has 6 heteroatoms. The summed E-state index contributed by atoms with van der Waals surface area (Å²) in [6.45, 7) is 5.63. The zero-order chi connectivity index (χ0) is 18.9. The molecular formula is C21H25ClN4O. The number of ether oxygens (including phenoxy) is 1. The van der Waals surface area contributed by atoms with Crippen molar-refractivity contribution in [2.75, 3.05) is 19.8 Å². The topological polar surface area (TPSA) is 52.0 Å². The smallest absolute Gasteiger partial charge is 0.117 e. The molecule has 1 heterocycles. The van der Waals surface area contributed by atoms with Crippen LogP contribution in [0.25, 0.3) is 11.3 Å². The van der Waals surface area contributed by atoms with Gasteiger partial charge in [0.15, 0.2) is 0 Å². The molecule has 0 aliphatic carbocycles. The maximum absolute atomic E-state index is 6.29. The number of hydrogen-bond acceptors (Lipinski definition) is 4. The van der Waals surface area contributed by atoms with Gasteiger partial charge in [-0.3, -0.25) is 0 Å². The van der Waals surface area contributed by atoms with Crippen molar-refractivity contribution in [3.8, 4) is 11.3 Å². The van der Waals surface area contributed by atoms with Crippen LogP contribution in [0.15, 0.2) is 54.6 Å². The second-order valence-electron chi connectivity index (χ2n) is 6.21. The van der Waals surface area contributed by atoms with Gasteiger partial charge in [-0.1, -0.05) is 60.1 Å². The molecule has 0 saturated carbocycles. The van der Waals surface area contributed by atoms with Crippen molar-refractivity contribution >= 4 is 11.6 Å². The van der Waals surface area contributed by atoms with Gasteiger partial charge < -0.3 is 10.1 Å². The highest BCUT2D eigenvalue weighted by molar-refractivity contribution is 6.31. The van der Waals surface area contributed by atoms with Crippen molar-refractivity contribution in [2.45, 2.75) is 26.4 Å². The SMILES string of the molecule is CCOCCCNCc1nn(Cc2ccccc2Cl)nc1-c1ccccc1. The minimum atomic E-state index is 0.545. The molecular weight excluding hydrogens is 360 g/mol. The second kappa shape index (κ2) is 10.2. The Bertz CT molecular complexity index is 835. The third-order valence-corrected chi connectivity index (χ3v) is 4.55. The van der Waals surface area contributed by atoms with E-state index in [1.807, 2.05) is 49.4 Å². The van der Waals surface area contributed by atoms with Gasteiger partial charge in [-0.15, -0.1) is 0 Å². The molecule has 0 unspecified atom stereocenters. The number of aromatic nitrogens is 3. The summed E-state index contributed by atoms with van der Waals surface area (Å²) in [5.41, 5.74) is 3.91. The summed E-state index contributed by atoms with van der Waals surface area (Å²) in [5, 5.41) is 13.6. The monoisotopic (exact) mass is 384 g/mol. The quantitative estimate of drug-likeness (QED) is 0.533. The second-order valence-corrected chi connectivity index (χ2v) is 6.62. The van der Waals surface area contributed by atoms with Crippen molar-refractivity contribution in [3.63, 3.8) is 0 Å². The molecule has 27 heavy (non-hydrogen) atoms. The average molecular weight is 385 g/mol. The zero-order valence-corrected chi connectivity index (χ0v) is 16.3. The fraction of sp³-hybridized carbons (Fsp3) is 0.333. The summed E-state index contributed by atoms with van der Waals surface area (Å²) in [7, 11) is 0. The van der Waals surface area contributed by atoms with Crippen molar-refractivity contribution < 1.29 is 4.74 Å². The summed E-state index contributed by atoms with van der Waals surface area (Å²) >= 11 is 6.29. The number of nitrogens with zero attached hydrogens (tertiary/aromatic N) is 3. The first-order valence-corrected chi connectivity index (χ1v) is 9.67. The highest BCUT2D eigenvalue weighted by atomic mass is 35.5. The van der Waals surface area contributed by atoms with Gasteiger partial charge in [0.05, 0.1) is 6.54 Å². The van der Waals surface area contributed by atoms with E-state index in [4.69, 9.17) is 26.5 Å². The normalized spacial score (nSPS) is 11.0. The lowest BCUT2D eigenvalue weighted by molar-refractivity contribution is 0.144. The lowest BCUT2D eigenvalue weighted by Crippen LogP contribution is -2.17. The number of benzene rings is 2. The molecule has 0 aliphatic heterocycles. The fourth-order valence-electron chi connectivity index (χ4n) is 2.82. The predicted octanol–water partition coefficient (Wildman–Crippen LogP) is 4.16. The first-order valence-electron chi connectivity index (χ1n) is 9.29. The number of hydrogen-bond donors (Lipinski definition) is 1. The Balaban J connectivity index is 1.74. The Kier molecular flexibility index (Phi) is 7.39. The summed E-state index contributed by atoms with van der Waals surface area (Å²) in [6.07, 6.45) is 0.974. The number of nitrogens with one attached hydrogen (secondary N) is 1. The highest BCUT2D eigenvalue weighted by Crippen LogP contribution is 2.21. The molecule has 0 radical (unpaired) electrons. The van der Waals surface area contributed by atoms with Crippen LogP contribution >= 0.6 is 11.6 Å². The van der Waals surface area contributed by atoms with E-state index >= 15 is 0 Å². The van der Waals surface area contributed by atoms with Crippen LogP contribution in [0.5, 0.6) is 0 Å². The van der Waals surface area contributed by atoms with Crippen molar-refractivity contribution in [3.05, 3.63) is 70.9 Å². The molecule has 1 N–H and O–H groups in total. The lowest BCUT2D eigenvalue weighted by Gasteiger charge is -2.04. The summed E-state index contributed by atoms with van der Waals surface area (Å²) < 4.78 is 5.38. The van der Waals surface area contributed by atoms with Gasteiger partial charge in [-0.2, -0.15) is 15.0 Å². The molecule has 0 aliphatic rings. The van der Waals surface area contributed by atoms with Gasteiger partial charge in [0, 0.05) is 30.3 Å². The van der Waals surface area contributed by atoms with Gasteiger partial charge in [0.1, 0.15) is 11.4 Å². The Labute approximate surface area is 165 Å². The van der Waals surface area contributed by atoms with Gasteiger partial charge >= 0.3 is 0 Å². The van der Waals surface area contributed by atoms with Crippen LogP contribution in [-0.4, -0.2) is 34.8 Å². The molecule has 0 atom stereocenters. The Hall–Kier alpha value is -2.21. The molecule has 1 aromatic heterocycles. The number of rotatable bonds is 10. The maximum Gasteiger partial charge on any atom is 0.117 e. The Morgan fingerprint density at radius 1 is 1.04 bits per heavy atom. The van der Waals surface area contributed by atoms with E-state index in [9.17, 15) is 0 Å². The third kappa shape index (κ3) is 5.63. The van der Waals surface area contributed by atoms with Gasteiger partial charge in [-0.05, 0) is 31.5 Å². The summed E-state index contributed by atoms with van der Waals surface area (Å²) in [5.74, 6) is 0.